The molecule has 2 N–H and O–H groups in total. The molecule has 0 spiro atoms. The number of hydrogen-bond donors (Lipinski definition) is 2. The number of rotatable bonds is 4. The van der Waals surface area contributed by atoms with Crippen molar-refractivity contribution in [3.8, 4) is 5.75 Å². The summed E-state index contributed by atoms with van der Waals surface area (Å²) in [7, 11) is 3.10. The minimum atomic E-state index is -0.471. The SMILES string of the molecule is CNc1c(F)cccc1C(=O)Nc1cc(C)ccc1OC. The van der Waals surface area contributed by atoms with Gasteiger partial charge in [0, 0.05) is 7.05 Å². The maximum Gasteiger partial charge on any atom is 0.257 e. The van der Waals surface area contributed by atoms with E-state index in [9.17, 15) is 9.18 Å². The molecule has 0 heterocycles. The summed E-state index contributed by atoms with van der Waals surface area (Å²) in [4.78, 5) is 12.4. The van der Waals surface area contributed by atoms with Crippen molar-refractivity contribution < 1.29 is 13.9 Å². The molecule has 0 aliphatic heterocycles. The largest absolute Gasteiger partial charge is 0.495 e. The molecular weight excluding hydrogens is 271 g/mol. The summed E-state index contributed by atoms with van der Waals surface area (Å²) < 4.78 is 18.9. The lowest BCUT2D eigenvalue weighted by atomic mass is 10.1. The molecule has 0 bridgehead atoms. The highest BCUT2D eigenvalue weighted by atomic mass is 19.1. The molecule has 0 radical (unpaired) electrons. The van der Waals surface area contributed by atoms with Crippen LogP contribution in [0.1, 0.15) is 15.9 Å². The van der Waals surface area contributed by atoms with Crippen LogP contribution in [0.4, 0.5) is 15.8 Å². The van der Waals surface area contributed by atoms with Gasteiger partial charge in [0.2, 0.25) is 0 Å². The van der Waals surface area contributed by atoms with Crippen molar-refractivity contribution in [1.29, 1.82) is 0 Å². The van der Waals surface area contributed by atoms with E-state index in [4.69, 9.17) is 4.74 Å². The Kier molecular flexibility index (Phi) is 4.42. The quantitative estimate of drug-likeness (QED) is 0.906. The highest BCUT2D eigenvalue weighted by molar-refractivity contribution is 6.08. The van der Waals surface area contributed by atoms with Crippen LogP contribution in [0.15, 0.2) is 36.4 Å². The fourth-order valence-corrected chi connectivity index (χ4v) is 2.08. The van der Waals surface area contributed by atoms with Crippen molar-refractivity contribution in [3.05, 3.63) is 53.3 Å². The molecule has 110 valence electrons. The Hall–Kier alpha value is -2.56. The Bertz CT molecular complexity index is 671. The van der Waals surface area contributed by atoms with Gasteiger partial charge in [-0.15, -0.1) is 0 Å². The number of ether oxygens (including phenoxy) is 1. The number of methoxy groups -OCH3 is 1. The molecule has 5 heteroatoms. The van der Waals surface area contributed by atoms with Crippen LogP contribution in [0.3, 0.4) is 0 Å². The topological polar surface area (TPSA) is 50.4 Å². The van der Waals surface area contributed by atoms with Crippen molar-refractivity contribution in [1.82, 2.24) is 0 Å². The zero-order valence-corrected chi connectivity index (χ0v) is 12.2. The maximum atomic E-state index is 13.7. The predicted octanol–water partition coefficient (Wildman–Crippen LogP) is 3.44. The van der Waals surface area contributed by atoms with Crippen LogP contribution in [-0.4, -0.2) is 20.1 Å². The van der Waals surface area contributed by atoms with Gasteiger partial charge in [-0.05, 0) is 36.8 Å². The zero-order valence-electron chi connectivity index (χ0n) is 12.2. The molecule has 0 unspecified atom stereocenters. The number of para-hydroxylation sites is 1. The number of amides is 1. The van der Waals surface area contributed by atoms with Gasteiger partial charge < -0.3 is 15.4 Å². The van der Waals surface area contributed by atoms with E-state index >= 15 is 0 Å². The molecular formula is C16H17FN2O2. The first kappa shape index (κ1) is 14.8. The van der Waals surface area contributed by atoms with Crippen LogP contribution in [0.25, 0.3) is 0 Å². The molecule has 0 fully saturated rings. The molecule has 4 nitrogen and oxygen atoms in total. The van der Waals surface area contributed by atoms with Crippen molar-refractivity contribution in [3.63, 3.8) is 0 Å². The average Bonchev–Trinajstić information content (AvgIpc) is 2.47. The van der Waals surface area contributed by atoms with Crippen molar-refractivity contribution in [2.45, 2.75) is 6.92 Å². The van der Waals surface area contributed by atoms with Gasteiger partial charge in [0.1, 0.15) is 11.6 Å². The third-order valence-electron chi connectivity index (χ3n) is 3.11. The van der Waals surface area contributed by atoms with Gasteiger partial charge in [-0.2, -0.15) is 0 Å². The molecule has 2 rings (SSSR count). The van der Waals surface area contributed by atoms with E-state index in [0.717, 1.165) is 5.56 Å². The normalized spacial score (nSPS) is 10.1. The number of carbonyl (C=O) groups excluding carboxylic acids is 1. The zero-order chi connectivity index (χ0) is 15.4. The van der Waals surface area contributed by atoms with E-state index in [-0.39, 0.29) is 11.3 Å². The van der Waals surface area contributed by atoms with Crippen LogP contribution < -0.4 is 15.4 Å². The van der Waals surface area contributed by atoms with Gasteiger partial charge in [0.15, 0.2) is 0 Å². The first-order chi connectivity index (χ1) is 10.1. The summed E-state index contributed by atoms with van der Waals surface area (Å²) in [5.74, 6) is -0.319. The van der Waals surface area contributed by atoms with Gasteiger partial charge in [-0.1, -0.05) is 12.1 Å². The van der Waals surface area contributed by atoms with Crippen LogP contribution in [0.2, 0.25) is 0 Å². The van der Waals surface area contributed by atoms with Gasteiger partial charge in [0.05, 0.1) is 24.0 Å². The number of anilines is 2. The molecule has 0 saturated heterocycles. The van der Waals surface area contributed by atoms with Gasteiger partial charge in [-0.3, -0.25) is 4.79 Å². The minimum Gasteiger partial charge on any atom is -0.495 e. The summed E-state index contributed by atoms with van der Waals surface area (Å²) in [5.41, 5.74) is 1.94. The number of nitrogens with one attached hydrogen (secondary N) is 2. The van der Waals surface area contributed by atoms with Gasteiger partial charge in [0.25, 0.3) is 5.91 Å². The Morgan fingerprint density at radius 1 is 1.24 bits per heavy atom. The Balaban J connectivity index is 2.35. The lowest BCUT2D eigenvalue weighted by molar-refractivity contribution is 0.102. The van der Waals surface area contributed by atoms with E-state index in [2.05, 4.69) is 10.6 Å². The fraction of sp³-hybridized carbons (Fsp3) is 0.188. The minimum absolute atomic E-state index is 0.168. The first-order valence-electron chi connectivity index (χ1n) is 6.49. The smallest absolute Gasteiger partial charge is 0.257 e. The van der Waals surface area contributed by atoms with Crippen LogP contribution in [-0.2, 0) is 0 Å². The second-order valence-corrected chi connectivity index (χ2v) is 4.57. The summed E-state index contributed by atoms with van der Waals surface area (Å²) in [6.45, 7) is 1.91. The van der Waals surface area contributed by atoms with Crippen molar-refractivity contribution >= 4 is 17.3 Å². The Morgan fingerprint density at radius 2 is 2.00 bits per heavy atom. The fourth-order valence-electron chi connectivity index (χ4n) is 2.08. The van der Waals surface area contributed by atoms with Crippen LogP contribution in [0, 0.1) is 12.7 Å². The molecule has 0 atom stereocenters. The maximum absolute atomic E-state index is 13.7. The molecule has 2 aromatic rings. The highest BCUT2D eigenvalue weighted by Gasteiger charge is 2.15. The second kappa shape index (κ2) is 6.26. The molecule has 21 heavy (non-hydrogen) atoms. The number of halogens is 1. The summed E-state index contributed by atoms with van der Waals surface area (Å²) in [6.07, 6.45) is 0. The molecule has 0 aliphatic rings. The predicted molar refractivity (Wildman–Crippen MR) is 81.6 cm³/mol. The van der Waals surface area contributed by atoms with Crippen molar-refractivity contribution in [2.75, 3.05) is 24.8 Å². The molecule has 0 aliphatic carbocycles. The van der Waals surface area contributed by atoms with Crippen molar-refractivity contribution in [2.24, 2.45) is 0 Å². The molecule has 0 aromatic heterocycles. The standard InChI is InChI=1S/C16H17FN2O2/c1-10-7-8-14(21-3)13(9-10)19-16(20)11-5-4-6-12(17)15(11)18-2/h4-9,18H,1-3H3,(H,19,20). The Labute approximate surface area is 122 Å². The highest BCUT2D eigenvalue weighted by Crippen LogP contribution is 2.27. The van der Waals surface area contributed by atoms with Gasteiger partial charge >= 0.3 is 0 Å². The summed E-state index contributed by atoms with van der Waals surface area (Å²) >= 11 is 0. The third-order valence-corrected chi connectivity index (χ3v) is 3.11. The van der Waals surface area contributed by atoms with E-state index in [1.807, 2.05) is 13.0 Å². The summed E-state index contributed by atoms with van der Waals surface area (Å²) in [5, 5.41) is 5.45. The molecule has 2 aromatic carbocycles. The van der Waals surface area contributed by atoms with Gasteiger partial charge in [-0.25, -0.2) is 4.39 Å². The van der Waals surface area contributed by atoms with E-state index < -0.39 is 11.7 Å². The first-order valence-corrected chi connectivity index (χ1v) is 6.49. The number of carbonyl (C=O) groups is 1. The van der Waals surface area contributed by atoms with Crippen LogP contribution in [0.5, 0.6) is 5.75 Å². The average molecular weight is 288 g/mol. The van der Waals surface area contributed by atoms with Crippen LogP contribution >= 0.6 is 0 Å². The lowest BCUT2D eigenvalue weighted by Gasteiger charge is -2.13. The van der Waals surface area contributed by atoms with E-state index in [1.165, 1.54) is 19.2 Å². The van der Waals surface area contributed by atoms with E-state index in [0.29, 0.717) is 11.4 Å². The molecule has 0 saturated carbocycles. The van der Waals surface area contributed by atoms with E-state index in [1.54, 1.807) is 25.2 Å². The summed E-state index contributed by atoms with van der Waals surface area (Å²) in [6, 6.07) is 9.82. The third kappa shape index (κ3) is 3.13. The number of aryl methyl sites for hydroxylation is 1. The number of benzene rings is 2. The monoisotopic (exact) mass is 288 g/mol. The Morgan fingerprint density at radius 3 is 2.67 bits per heavy atom. The molecule has 1 amide bonds. The number of hydrogen-bond acceptors (Lipinski definition) is 3. The lowest BCUT2D eigenvalue weighted by Crippen LogP contribution is -2.15. The second-order valence-electron chi connectivity index (χ2n) is 4.57.